The highest BCUT2D eigenvalue weighted by atomic mass is 35.5. The Kier molecular flexibility index (Phi) is 5.42. The zero-order valence-corrected chi connectivity index (χ0v) is 15.2. The van der Waals surface area contributed by atoms with Crippen molar-refractivity contribution in [2.24, 2.45) is 0 Å². The molecule has 2 heterocycles. The summed E-state index contributed by atoms with van der Waals surface area (Å²) >= 11 is 8.60. The largest absolute Gasteiger partial charge is 0.302 e. The number of aryl methyl sites for hydroxylation is 1. The van der Waals surface area contributed by atoms with E-state index < -0.39 is 4.92 Å². The monoisotopic (exact) mass is 393 g/mol. The summed E-state index contributed by atoms with van der Waals surface area (Å²) in [6.45, 7) is 0. The molecule has 128 valence electrons. The molecule has 3 aromatic rings. The van der Waals surface area contributed by atoms with Gasteiger partial charge in [0.15, 0.2) is 5.13 Å². The summed E-state index contributed by atoms with van der Waals surface area (Å²) < 4.78 is 0.705. The van der Waals surface area contributed by atoms with E-state index in [4.69, 9.17) is 11.6 Å². The summed E-state index contributed by atoms with van der Waals surface area (Å²) in [6.07, 6.45) is 0.953. The predicted molar refractivity (Wildman–Crippen MR) is 100 cm³/mol. The smallest absolute Gasteiger partial charge is 0.270 e. The Morgan fingerprint density at radius 1 is 1.32 bits per heavy atom. The Morgan fingerprint density at radius 2 is 2.16 bits per heavy atom. The highest BCUT2D eigenvalue weighted by Crippen LogP contribution is 2.28. The van der Waals surface area contributed by atoms with E-state index in [9.17, 15) is 14.9 Å². The van der Waals surface area contributed by atoms with Gasteiger partial charge in [-0.15, -0.1) is 22.7 Å². The Bertz CT molecular complexity index is 923. The van der Waals surface area contributed by atoms with Gasteiger partial charge in [-0.05, 0) is 18.6 Å². The van der Waals surface area contributed by atoms with Crippen molar-refractivity contribution in [2.45, 2.75) is 12.8 Å². The molecule has 6 nitrogen and oxygen atoms in total. The third kappa shape index (κ3) is 4.62. The van der Waals surface area contributed by atoms with Gasteiger partial charge >= 0.3 is 0 Å². The van der Waals surface area contributed by atoms with Gasteiger partial charge in [0.1, 0.15) is 0 Å². The number of carbonyl (C=O) groups excluding carboxylic acids is 1. The topological polar surface area (TPSA) is 85.1 Å². The zero-order chi connectivity index (χ0) is 17.8. The average Bonchev–Trinajstić information content (AvgIpc) is 3.22. The molecule has 0 saturated carbocycles. The van der Waals surface area contributed by atoms with Crippen molar-refractivity contribution in [1.29, 1.82) is 0 Å². The standard InChI is InChI=1S/C16H12ClN3O3S2/c17-14-6-4-12(25-14)5-7-15(21)19-16-18-13(9-24-16)10-2-1-3-11(8-10)20(22)23/h1-4,6,8-9H,5,7H2,(H,18,19,21). The minimum atomic E-state index is -0.449. The number of benzene rings is 1. The molecule has 0 fully saturated rings. The fourth-order valence-corrected chi connectivity index (χ4v) is 3.97. The molecule has 0 aliphatic heterocycles. The van der Waals surface area contributed by atoms with Gasteiger partial charge in [0.25, 0.3) is 5.69 Å². The second-order valence-corrected chi connectivity index (χ2v) is 7.76. The third-order valence-electron chi connectivity index (χ3n) is 3.33. The number of hydrogen-bond donors (Lipinski definition) is 1. The van der Waals surface area contributed by atoms with Crippen LogP contribution in [0.5, 0.6) is 0 Å². The van der Waals surface area contributed by atoms with Crippen molar-refractivity contribution in [3.8, 4) is 11.3 Å². The Labute approximate surface area is 156 Å². The van der Waals surface area contributed by atoms with Crippen LogP contribution in [0.1, 0.15) is 11.3 Å². The summed E-state index contributed by atoms with van der Waals surface area (Å²) in [7, 11) is 0. The normalized spacial score (nSPS) is 10.6. The molecule has 0 saturated heterocycles. The number of aromatic nitrogens is 1. The molecular weight excluding hydrogens is 382 g/mol. The number of nitrogens with one attached hydrogen (secondary N) is 1. The van der Waals surface area contributed by atoms with Gasteiger partial charge in [0, 0.05) is 34.4 Å². The number of nitrogens with zero attached hydrogens (tertiary/aromatic N) is 2. The number of carbonyl (C=O) groups is 1. The zero-order valence-electron chi connectivity index (χ0n) is 12.8. The molecule has 25 heavy (non-hydrogen) atoms. The second kappa shape index (κ2) is 7.73. The summed E-state index contributed by atoms with van der Waals surface area (Å²) in [5.41, 5.74) is 1.24. The number of rotatable bonds is 6. The SMILES string of the molecule is O=C(CCc1ccc(Cl)s1)Nc1nc(-c2cccc([N+](=O)[O-])c2)cs1. The van der Waals surface area contributed by atoms with Gasteiger partial charge < -0.3 is 5.32 Å². The maximum atomic E-state index is 12.0. The lowest BCUT2D eigenvalue weighted by Gasteiger charge is -2.00. The summed E-state index contributed by atoms with van der Waals surface area (Å²) in [4.78, 5) is 27.8. The van der Waals surface area contributed by atoms with E-state index in [0.29, 0.717) is 33.6 Å². The molecule has 0 unspecified atom stereocenters. The summed E-state index contributed by atoms with van der Waals surface area (Å²) in [5, 5.41) is 15.8. The van der Waals surface area contributed by atoms with Crippen LogP contribution in [-0.2, 0) is 11.2 Å². The van der Waals surface area contributed by atoms with E-state index in [2.05, 4.69) is 10.3 Å². The molecule has 1 aromatic carbocycles. The van der Waals surface area contributed by atoms with Gasteiger partial charge in [-0.2, -0.15) is 0 Å². The van der Waals surface area contributed by atoms with Crippen LogP contribution >= 0.6 is 34.3 Å². The Morgan fingerprint density at radius 3 is 2.88 bits per heavy atom. The van der Waals surface area contributed by atoms with Crippen LogP contribution in [0, 0.1) is 10.1 Å². The number of hydrogen-bond acceptors (Lipinski definition) is 6. The Balaban J connectivity index is 1.62. The molecule has 0 bridgehead atoms. The molecule has 2 aromatic heterocycles. The maximum Gasteiger partial charge on any atom is 0.270 e. The molecule has 0 atom stereocenters. The molecule has 0 aliphatic carbocycles. The highest BCUT2D eigenvalue weighted by Gasteiger charge is 2.12. The first-order chi connectivity index (χ1) is 12.0. The minimum Gasteiger partial charge on any atom is -0.302 e. The number of halogens is 1. The molecule has 1 amide bonds. The van der Waals surface area contributed by atoms with Gasteiger partial charge in [-0.25, -0.2) is 4.98 Å². The predicted octanol–water partition coefficient (Wildman–Crippen LogP) is 5.00. The van der Waals surface area contributed by atoms with E-state index >= 15 is 0 Å². The molecular formula is C16H12ClN3O3S2. The Hall–Kier alpha value is -2.29. The summed E-state index contributed by atoms with van der Waals surface area (Å²) in [6, 6.07) is 9.96. The molecule has 1 N–H and O–H groups in total. The van der Waals surface area contributed by atoms with Crippen molar-refractivity contribution in [2.75, 3.05) is 5.32 Å². The van der Waals surface area contributed by atoms with Crippen LogP contribution in [0.4, 0.5) is 10.8 Å². The van der Waals surface area contributed by atoms with Crippen LogP contribution in [0.2, 0.25) is 4.34 Å². The lowest BCUT2D eigenvalue weighted by molar-refractivity contribution is -0.384. The fourth-order valence-electron chi connectivity index (χ4n) is 2.15. The molecule has 3 rings (SSSR count). The maximum absolute atomic E-state index is 12.0. The van der Waals surface area contributed by atoms with Crippen LogP contribution in [-0.4, -0.2) is 15.8 Å². The first-order valence-corrected chi connectivity index (χ1v) is 9.33. The number of nitro benzene ring substituents is 1. The summed E-state index contributed by atoms with van der Waals surface area (Å²) in [5.74, 6) is -0.135. The van der Waals surface area contributed by atoms with E-state index in [0.717, 1.165) is 4.88 Å². The van der Waals surface area contributed by atoms with Crippen molar-refractivity contribution in [3.05, 3.63) is 61.1 Å². The van der Waals surface area contributed by atoms with Gasteiger partial charge in [-0.3, -0.25) is 14.9 Å². The van der Waals surface area contributed by atoms with E-state index in [1.54, 1.807) is 17.5 Å². The number of nitro groups is 1. The van der Waals surface area contributed by atoms with Crippen LogP contribution in [0.15, 0.2) is 41.8 Å². The van der Waals surface area contributed by atoms with Crippen molar-refractivity contribution in [3.63, 3.8) is 0 Å². The highest BCUT2D eigenvalue weighted by molar-refractivity contribution is 7.16. The van der Waals surface area contributed by atoms with Gasteiger partial charge in [-0.1, -0.05) is 23.7 Å². The number of non-ortho nitro benzene ring substituents is 1. The van der Waals surface area contributed by atoms with E-state index in [1.807, 2.05) is 12.1 Å². The second-order valence-electron chi connectivity index (χ2n) is 5.10. The van der Waals surface area contributed by atoms with E-state index in [-0.39, 0.29) is 11.6 Å². The number of thiophene rings is 1. The lowest BCUT2D eigenvalue weighted by atomic mass is 10.1. The lowest BCUT2D eigenvalue weighted by Crippen LogP contribution is -2.11. The first-order valence-electron chi connectivity index (χ1n) is 7.25. The molecule has 0 aliphatic rings. The van der Waals surface area contributed by atoms with Crippen LogP contribution in [0.3, 0.4) is 0 Å². The van der Waals surface area contributed by atoms with E-state index in [1.165, 1.54) is 34.8 Å². The molecule has 9 heteroatoms. The van der Waals surface area contributed by atoms with Crippen molar-refractivity contribution in [1.82, 2.24) is 4.98 Å². The minimum absolute atomic E-state index is 0.00527. The molecule has 0 radical (unpaired) electrons. The van der Waals surface area contributed by atoms with Gasteiger partial charge in [0.05, 0.1) is 15.0 Å². The van der Waals surface area contributed by atoms with Crippen molar-refractivity contribution < 1.29 is 9.72 Å². The fraction of sp³-hybridized carbons (Fsp3) is 0.125. The number of thiazole rings is 1. The molecule has 0 spiro atoms. The average molecular weight is 394 g/mol. The van der Waals surface area contributed by atoms with Crippen LogP contribution in [0.25, 0.3) is 11.3 Å². The third-order valence-corrected chi connectivity index (χ3v) is 5.38. The number of amides is 1. The quantitative estimate of drug-likeness (QED) is 0.471. The van der Waals surface area contributed by atoms with Crippen molar-refractivity contribution >= 4 is 51.0 Å². The van der Waals surface area contributed by atoms with Crippen LogP contribution < -0.4 is 5.32 Å². The first kappa shape index (κ1) is 17.5. The number of anilines is 1. The van der Waals surface area contributed by atoms with Gasteiger partial charge in [0.2, 0.25) is 5.91 Å².